The molecule has 1 fully saturated rings. The molecule has 0 aromatic heterocycles. The van der Waals surface area contributed by atoms with Crippen molar-refractivity contribution in [2.75, 3.05) is 20.2 Å². The second-order valence-electron chi connectivity index (χ2n) is 5.69. The van der Waals surface area contributed by atoms with Crippen molar-refractivity contribution in [2.24, 2.45) is 0 Å². The molecule has 1 aliphatic heterocycles. The van der Waals surface area contributed by atoms with Crippen molar-refractivity contribution in [2.45, 2.75) is 18.7 Å². The SMILES string of the molecule is COc1ccc(-c2ccccc2OC(F)(F)F)cc1C1CCNC1. The fraction of sp³-hybridized carbons (Fsp3) is 0.333. The normalized spacial score (nSPS) is 17.8. The summed E-state index contributed by atoms with van der Waals surface area (Å²) in [4.78, 5) is 0. The Morgan fingerprint density at radius 1 is 1.08 bits per heavy atom. The van der Waals surface area contributed by atoms with Gasteiger partial charge in [-0.25, -0.2) is 0 Å². The summed E-state index contributed by atoms with van der Waals surface area (Å²) in [7, 11) is 1.60. The monoisotopic (exact) mass is 337 g/mol. The molecule has 2 aromatic carbocycles. The highest BCUT2D eigenvalue weighted by Crippen LogP contribution is 2.38. The maximum absolute atomic E-state index is 12.6. The fourth-order valence-corrected chi connectivity index (χ4v) is 3.06. The van der Waals surface area contributed by atoms with Crippen LogP contribution in [0, 0.1) is 0 Å². The summed E-state index contributed by atoms with van der Waals surface area (Å²) >= 11 is 0. The third-order valence-electron chi connectivity index (χ3n) is 4.15. The van der Waals surface area contributed by atoms with Gasteiger partial charge in [0.25, 0.3) is 0 Å². The van der Waals surface area contributed by atoms with E-state index in [0.717, 1.165) is 30.8 Å². The van der Waals surface area contributed by atoms with Crippen LogP contribution in [0.3, 0.4) is 0 Å². The standard InChI is InChI=1S/C18H18F3NO2/c1-23-16-7-6-12(10-15(16)13-8-9-22-11-13)14-4-2-3-5-17(14)24-18(19,20)21/h2-7,10,13,22H,8-9,11H2,1H3. The average molecular weight is 337 g/mol. The van der Waals surface area contributed by atoms with Gasteiger partial charge in [-0.1, -0.05) is 24.3 Å². The van der Waals surface area contributed by atoms with Crippen molar-refractivity contribution in [3.63, 3.8) is 0 Å². The zero-order valence-electron chi connectivity index (χ0n) is 13.2. The number of alkyl halides is 3. The molecule has 1 heterocycles. The van der Waals surface area contributed by atoms with Gasteiger partial charge in [0.05, 0.1) is 7.11 Å². The summed E-state index contributed by atoms with van der Waals surface area (Å²) in [6, 6.07) is 11.6. The number of hydrogen-bond acceptors (Lipinski definition) is 3. The van der Waals surface area contributed by atoms with Gasteiger partial charge in [0, 0.05) is 18.0 Å². The van der Waals surface area contributed by atoms with Crippen molar-refractivity contribution < 1.29 is 22.6 Å². The van der Waals surface area contributed by atoms with E-state index >= 15 is 0 Å². The quantitative estimate of drug-likeness (QED) is 0.900. The Balaban J connectivity index is 2.02. The maximum atomic E-state index is 12.6. The van der Waals surface area contributed by atoms with Gasteiger partial charge >= 0.3 is 6.36 Å². The van der Waals surface area contributed by atoms with Crippen LogP contribution in [-0.2, 0) is 0 Å². The summed E-state index contributed by atoms with van der Waals surface area (Å²) in [5, 5.41) is 3.29. The molecule has 1 unspecified atom stereocenters. The van der Waals surface area contributed by atoms with Crippen molar-refractivity contribution in [3.8, 4) is 22.6 Å². The molecule has 1 N–H and O–H groups in total. The van der Waals surface area contributed by atoms with E-state index in [-0.39, 0.29) is 11.7 Å². The Bertz CT molecular complexity index is 710. The lowest BCUT2D eigenvalue weighted by molar-refractivity contribution is -0.274. The molecular weight excluding hydrogens is 319 g/mol. The van der Waals surface area contributed by atoms with E-state index in [9.17, 15) is 13.2 Å². The summed E-state index contributed by atoms with van der Waals surface area (Å²) < 4.78 is 47.5. The first-order valence-corrected chi connectivity index (χ1v) is 7.72. The van der Waals surface area contributed by atoms with E-state index in [2.05, 4.69) is 10.1 Å². The zero-order valence-corrected chi connectivity index (χ0v) is 13.2. The van der Waals surface area contributed by atoms with Gasteiger partial charge in [-0.3, -0.25) is 0 Å². The van der Waals surface area contributed by atoms with Crippen LogP contribution in [0.15, 0.2) is 42.5 Å². The molecule has 24 heavy (non-hydrogen) atoms. The number of ether oxygens (including phenoxy) is 2. The summed E-state index contributed by atoms with van der Waals surface area (Å²) in [6.07, 6.45) is -3.75. The number of benzene rings is 2. The number of methoxy groups -OCH3 is 1. The zero-order chi connectivity index (χ0) is 17.2. The smallest absolute Gasteiger partial charge is 0.496 e. The molecule has 3 nitrogen and oxygen atoms in total. The first kappa shape index (κ1) is 16.6. The highest BCUT2D eigenvalue weighted by molar-refractivity contribution is 5.72. The lowest BCUT2D eigenvalue weighted by Crippen LogP contribution is -2.17. The second kappa shape index (κ2) is 6.73. The summed E-state index contributed by atoms with van der Waals surface area (Å²) in [6.45, 7) is 1.76. The molecule has 0 aliphatic carbocycles. The lowest BCUT2D eigenvalue weighted by atomic mass is 9.93. The Kier molecular flexibility index (Phi) is 4.66. The first-order valence-electron chi connectivity index (χ1n) is 7.72. The van der Waals surface area contributed by atoms with Gasteiger partial charge in [0.1, 0.15) is 11.5 Å². The van der Waals surface area contributed by atoms with Gasteiger partial charge in [0.15, 0.2) is 0 Å². The van der Waals surface area contributed by atoms with Crippen LogP contribution in [0.1, 0.15) is 17.9 Å². The molecule has 1 atom stereocenters. The predicted molar refractivity (Wildman–Crippen MR) is 85.3 cm³/mol. The molecule has 0 saturated carbocycles. The number of rotatable bonds is 4. The molecule has 1 saturated heterocycles. The molecule has 0 spiro atoms. The van der Waals surface area contributed by atoms with Gasteiger partial charge in [-0.2, -0.15) is 0 Å². The van der Waals surface area contributed by atoms with Crippen LogP contribution >= 0.6 is 0 Å². The minimum atomic E-state index is -4.72. The van der Waals surface area contributed by atoms with Gasteiger partial charge in [-0.15, -0.1) is 13.2 Å². The molecular formula is C18H18F3NO2. The third kappa shape index (κ3) is 3.64. The van der Waals surface area contributed by atoms with Crippen molar-refractivity contribution in [3.05, 3.63) is 48.0 Å². The molecule has 0 radical (unpaired) electrons. The van der Waals surface area contributed by atoms with Crippen LogP contribution in [-0.4, -0.2) is 26.6 Å². The first-order chi connectivity index (χ1) is 11.5. The highest BCUT2D eigenvalue weighted by Gasteiger charge is 2.32. The van der Waals surface area contributed by atoms with Gasteiger partial charge < -0.3 is 14.8 Å². The number of hydrogen-bond donors (Lipinski definition) is 1. The average Bonchev–Trinajstić information content (AvgIpc) is 3.07. The Morgan fingerprint density at radius 3 is 2.54 bits per heavy atom. The Hall–Kier alpha value is -2.21. The fourth-order valence-electron chi connectivity index (χ4n) is 3.06. The van der Waals surface area contributed by atoms with Crippen molar-refractivity contribution >= 4 is 0 Å². The minimum Gasteiger partial charge on any atom is -0.496 e. The number of para-hydroxylation sites is 1. The molecule has 128 valence electrons. The topological polar surface area (TPSA) is 30.5 Å². The Labute approximate surface area is 138 Å². The van der Waals surface area contributed by atoms with E-state index in [1.54, 1.807) is 31.4 Å². The van der Waals surface area contributed by atoms with Gasteiger partial charge in [0.2, 0.25) is 0 Å². The van der Waals surface area contributed by atoms with E-state index in [0.29, 0.717) is 11.1 Å². The largest absolute Gasteiger partial charge is 0.573 e. The lowest BCUT2D eigenvalue weighted by Gasteiger charge is -2.17. The molecule has 2 aromatic rings. The van der Waals surface area contributed by atoms with Gasteiger partial charge in [-0.05, 0) is 42.3 Å². The second-order valence-corrected chi connectivity index (χ2v) is 5.69. The number of halogens is 3. The van der Waals surface area contributed by atoms with Crippen LogP contribution in [0.5, 0.6) is 11.5 Å². The predicted octanol–water partition coefficient (Wildman–Crippen LogP) is 4.34. The molecule has 0 amide bonds. The van der Waals surface area contributed by atoms with Crippen molar-refractivity contribution in [1.29, 1.82) is 0 Å². The van der Waals surface area contributed by atoms with Crippen LogP contribution in [0.4, 0.5) is 13.2 Å². The van der Waals surface area contributed by atoms with E-state index < -0.39 is 6.36 Å². The highest BCUT2D eigenvalue weighted by atomic mass is 19.4. The molecule has 3 rings (SSSR count). The molecule has 1 aliphatic rings. The third-order valence-corrected chi connectivity index (χ3v) is 4.15. The summed E-state index contributed by atoms with van der Waals surface area (Å²) in [5.74, 6) is 0.836. The Morgan fingerprint density at radius 2 is 1.88 bits per heavy atom. The van der Waals surface area contributed by atoms with E-state index in [1.807, 2.05) is 6.07 Å². The minimum absolute atomic E-state index is 0.203. The maximum Gasteiger partial charge on any atom is 0.573 e. The van der Waals surface area contributed by atoms with Crippen LogP contribution < -0.4 is 14.8 Å². The molecule has 0 bridgehead atoms. The summed E-state index contributed by atoms with van der Waals surface area (Å²) in [5.41, 5.74) is 2.09. The number of nitrogens with one attached hydrogen (secondary N) is 1. The van der Waals surface area contributed by atoms with Crippen LogP contribution in [0.25, 0.3) is 11.1 Å². The van der Waals surface area contributed by atoms with Crippen molar-refractivity contribution in [1.82, 2.24) is 5.32 Å². The molecule has 6 heteroatoms. The van der Waals surface area contributed by atoms with E-state index in [1.165, 1.54) is 12.1 Å². The van der Waals surface area contributed by atoms with Crippen LogP contribution in [0.2, 0.25) is 0 Å². The van der Waals surface area contributed by atoms with E-state index in [4.69, 9.17) is 4.74 Å².